The molecule has 72 valence electrons. The van der Waals surface area contributed by atoms with Gasteiger partial charge in [-0.15, -0.1) is 0 Å². The molecule has 1 aliphatic rings. The van der Waals surface area contributed by atoms with E-state index < -0.39 is 6.17 Å². The van der Waals surface area contributed by atoms with Crippen LogP contribution in [0.4, 0.5) is 4.39 Å². The molecule has 1 unspecified atom stereocenters. The van der Waals surface area contributed by atoms with Gasteiger partial charge in [0, 0.05) is 0 Å². The molecule has 0 spiro atoms. The molecule has 0 aromatic heterocycles. The fourth-order valence-electron chi connectivity index (χ4n) is 2.04. The monoisotopic (exact) mass is 173 g/mol. The summed E-state index contributed by atoms with van der Waals surface area (Å²) in [6.07, 6.45) is 7.10. The molecular weight excluding hydrogens is 153 g/mol. The van der Waals surface area contributed by atoms with E-state index in [1.54, 1.807) is 0 Å². The summed E-state index contributed by atoms with van der Waals surface area (Å²) in [5.41, 5.74) is 5.27. The Labute approximate surface area is 74.5 Å². The normalized spacial score (nSPS) is 21.5. The van der Waals surface area contributed by atoms with Crippen molar-refractivity contribution in [2.24, 2.45) is 11.7 Å². The zero-order chi connectivity index (χ0) is 8.81. The Balaban J connectivity index is 1.99. The predicted molar refractivity (Wildman–Crippen MR) is 49.8 cm³/mol. The van der Waals surface area contributed by atoms with Gasteiger partial charge >= 0.3 is 0 Å². The number of hydrogen-bond donors (Lipinski definition) is 1. The molecule has 2 heteroatoms. The first-order valence-electron chi connectivity index (χ1n) is 5.17. The number of nitrogens with two attached hydrogens (primary N) is 1. The van der Waals surface area contributed by atoms with Crippen LogP contribution < -0.4 is 5.73 Å². The zero-order valence-corrected chi connectivity index (χ0v) is 7.77. The fourth-order valence-corrected chi connectivity index (χ4v) is 2.04. The van der Waals surface area contributed by atoms with Crippen LogP contribution >= 0.6 is 0 Å². The van der Waals surface area contributed by atoms with Gasteiger partial charge in [0.15, 0.2) is 0 Å². The van der Waals surface area contributed by atoms with Crippen LogP contribution in [0, 0.1) is 5.92 Å². The average molecular weight is 173 g/mol. The lowest BCUT2D eigenvalue weighted by Gasteiger charge is -2.10. The molecule has 0 aromatic rings. The lowest BCUT2D eigenvalue weighted by molar-refractivity contribution is 0.275. The van der Waals surface area contributed by atoms with E-state index in [9.17, 15) is 4.39 Å². The van der Waals surface area contributed by atoms with Gasteiger partial charge in [-0.25, -0.2) is 4.39 Å². The number of hydrogen-bond acceptors (Lipinski definition) is 1. The first kappa shape index (κ1) is 9.97. The summed E-state index contributed by atoms with van der Waals surface area (Å²) < 4.78 is 13.0. The highest BCUT2D eigenvalue weighted by molar-refractivity contribution is 4.69. The third-order valence-corrected chi connectivity index (χ3v) is 2.84. The molecule has 1 saturated carbocycles. The van der Waals surface area contributed by atoms with E-state index in [1.165, 1.54) is 25.7 Å². The van der Waals surface area contributed by atoms with Crippen LogP contribution in [-0.4, -0.2) is 12.7 Å². The van der Waals surface area contributed by atoms with Crippen molar-refractivity contribution in [2.45, 2.75) is 51.1 Å². The fraction of sp³-hybridized carbons (Fsp3) is 1.00. The molecule has 0 bridgehead atoms. The minimum Gasteiger partial charge on any atom is -0.330 e. The van der Waals surface area contributed by atoms with Gasteiger partial charge in [-0.3, -0.25) is 0 Å². The summed E-state index contributed by atoms with van der Waals surface area (Å²) in [6.45, 7) is 0.492. The Morgan fingerprint density at radius 2 is 1.92 bits per heavy atom. The smallest absolute Gasteiger partial charge is 0.101 e. The first-order valence-corrected chi connectivity index (χ1v) is 5.17. The molecule has 0 radical (unpaired) electrons. The van der Waals surface area contributed by atoms with Crippen molar-refractivity contribution in [1.82, 2.24) is 0 Å². The Hall–Kier alpha value is -0.110. The molecule has 12 heavy (non-hydrogen) atoms. The Kier molecular flexibility index (Phi) is 4.59. The van der Waals surface area contributed by atoms with Crippen molar-refractivity contribution in [3.63, 3.8) is 0 Å². The van der Waals surface area contributed by atoms with Gasteiger partial charge < -0.3 is 5.73 Å². The third-order valence-electron chi connectivity index (χ3n) is 2.84. The van der Waals surface area contributed by atoms with Crippen LogP contribution in [0.2, 0.25) is 0 Å². The summed E-state index contributed by atoms with van der Waals surface area (Å²) in [6, 6.07) is 0. The predicted octanol–water partition coefficient (Wildman–Crippen LogP) is 2.64. The summed E-state index contributed by atoms with van der Waals surface area (Å²) in [7, 11) is 0. The molecular formula is C10H20FN. The van der Waals surface area contributed by atoms with E-state index in [1.807, 2.05) is 0 Å². The molecule has 0 amide bonds. The molecule has 1 aliphatic carbocycles. The lowest BCUT2D eigenvalue weighted by Crippen LogP contribution is -2.10. The van der Waals surface area contributed by atoms with Crippen LogP contribution in [0.25, 0.3) is 0 Å². The summed E-state index contributed by atoms with van der Waals surface area (Å²) in [4.78, 5) is 0. The van der Waals surface area contributed by atoms with Gasteiger partial charge in [0.2, 0.25) is 0 Å². The zero-order valence-electron chi connectivity index (χ0n) is 7.77. The van der Waals surface area contributed by atoms with Gasteiger partial charge in [0.25, 0.3) is 0 Å². The maximum atomic E-state index is 13.0. The second-order valence-corrected chi connectivity index (χ2v) is 3.90. The van der Waals surface area contributed by atoms with Crippen molar-refractivity contribution in [2.75, 3.05) is 6.54 Å². The van der Waals surface area contributed by atoms with Gasteiger partial charge in [-0.05, 0) is 31.7 Å². The van der Waals surface area contributed by atoms with E-state index in [2.05, 4.69) is 0 Å². The van der Waals surface area contributed by atoms with E-state index in [-0.39, 0.29) is 0 Å². The molecule has 0 aromatic carbocycles. The standard InChI is InChI=1S/C10H20FN/c11-10(7-8-12)6-5-9-3-1-2-4-9/h9-10H,1-8,12H2. The van der Waals surface area contributed by atoms with Gasteiger partial charge in [0.1, 0.15) is 6.17 Å². The molecule has 2 N–H and O–H groups in total. The summed E-state index contributed by atoms with van der Waals surface area (Å²) in [5.74, 6) is 0.820. The van der Waals surface area contributed by atoms with Crippen molar-refractivity contribution < 1.29 is 4.39 Å². The highest BCUT2D eigenvalue weighted by Gasteiger charge is 2.16. The minimum absolute atomic E-state index is 0.492. The van der Waals surface area contributed by atoms with Crippen LogP contribution in [0.5, 0.6) is 0 Å². The van der Waals surface area contributed by atoms with E-state index >= 15 is 0 Å². The van der Waals surface area contributed by atoms with E-state index in [0.29, 0.717) is 13.0 Å². The van der Waals surface area contributed by atoms with Gasteiger partial charge in [-0.2, -0.15) is 0 Å². The summed E-state index contributed by atoms with van der Waals surface area (Å²) >= 11 is 0. The molecule has 0 aliphatic heterocycles. The summed E-state index contributed by atoms with van der Waals surface area (Å²) in [5, 5.41) is 0. The average Bonchev–Trinajstić information content (AvgIpc) is 2.53. The number of alkyl halides is 1. The molecule has 1 rings (SSSR count). The quantitative estimate of drug-likeness (QED) is 0.679. The highest BCUT2D eigenvalue weighted by Crippen LogP contribution is 2.29. The molecule has 0 saturated heterocycles. The third kappa shape index (κ3) is 3.53. The Bertz CT molecular complexity index is 110. The van der Waals surface area contributed by atoms with Crippen molar-refractivity contribution in [3.05, 3.63) is 0 Å². The number of halogens is 1. The maximum Gasteiger partial charge on any atom is 0.101 e. The van der Waals surface area contributed by atoms with Crippen LogP contribution in [0.3, 0.4) is 0 Å². The SMILES string of the molecule is NCCC(F)CCC1CCCC1. The molecule has 0 heterocycles. The van der Waals surface area contributed by atoms with Gasteiger partial charge in [0.05, 0.1) is 0 Å². The second kappa shape index (κ2) is 5.52. The second-order valence-electron chi connectivity index (χ2n) is 3.90. The van der Waals surface area contributed by atoms with Crippen molar-refractivity contribution in [1.29, 1.82) is 0 Å². The lowest BCUT2D eigenvalue weighted by atomic mass is 9.99. The van der Waals surface area contributed by atoms with Crippen molar-refractivity contribution in [3.8, 4) is 0 Å². The van der Waals surface area contributed by atoms with Crippen LogP contribution in [-0.2, 0) is 0 Å². The maximum absolute atomic E-state index is 13.0. The van der Waals surface area contributed by atoms with Crippen molar-refractivity contribution >= 4 is 0 Å². The minimum atomic E-state index is -0.643. The van der Waals surface area contributed by atoms with E-state index in [0.717, 1.165) is 18.8 Å². The number of rotatable bonds is 5. The largest absolute Gasteiger partial charge is 0.330 e. The molecule has 1 nitrogen and oxygen atoms in total. The van der Waals surface area contributed by atoms with Crippen LogP contribution in [0.15, 0.2) is 0 Å². The topological polar surface area (TPSA) is 26.0 Å². The Morgan fingerprint density at radius 1 is 1.25 bits per heavy atom. The Morgan fingerprint density at radius 3 is 2.50 bits per heavy atom. The molecule has 1 atom stereocenters. The highest BCUT2D eigenvalue weighted by atomic mass is 19.1. The van der Waals surface area contributed by atoms with Gasteiger partial charge in [-0.1, -0.05) is 25.7 Å². The van der Waals surface area contributed by atoms with Crippen LogP contribution in [0.1, 0.15) is 44.9 Å². The first-order chi connectivity index (χ1) is 5.83. The van der Waals surface area contributed by atoms with E-state index in [4.69, 9.17) is 5.73 Å². The molecule has 1 fully saturated rings.